The lowest BCUT2D eigenvalue weighted by atomic mass is 10.1. The van der Waals surface area contributed by atoms with Gasteiger partial charge in [0.05, 0.1) is 12.4 Å². The number of thioether (sulfide) groups is 1. The van der Waals surface area contributed by atoms with Gasteiger partial charge in [0.1, 0.15) is 12.0 Å². The lowest BCUT2D eigenvalue weighted by Gasteiger charge is -2.11. The van der Waals surface area contributed by atoms with Crippen LogP contribution >= 0.6 is 11.8 Å². The second-order valence-corrected chi connectivity index (χ2v) is 4.45. The van der Waals surface area contributed by atoms with Crippen molar-refractivity contribution in [3.05, 3.63) is 41.5 Å². The fourth-order valence-corrected chi connectivity index (χ4v) is 2.80. The van der Waals surface area contributed by atoms with Crippen LogP contribution in [0.15, 0.2) is 35.9 Å². The third-order valence-electron chi connectivity index (χ3n) is 2.44. The van der Waals surface area contributed by atoms with Crippen molar-refractivity contribution >= 4 is 18.0 Å². The number of ether oxygens (including phenoxy) is 1. The Hall–Kier alpha value is -1.22. The molecule has 0 aromatic heterocycles. The van der Waals surface area contributed by atoms with Crippen molar-refractivity contribution in [3.63, 3.8) is 0 Å². The van der Waals surface area contributed by atoms with Crippen molar-refractivity contribution in [1.29, 1.82) is 0 Å². The maximum absolute atomic E-state index is 10.8. The molecule has 0 unspecified atom stereocenters. The van der Waals surface area contributed by atoms with Gasteiger partial charge in [0.15, 0.2) is 0 Å². The monoisotopic (exact) mass is 220 g/mol. The van der Waals surface area contributed by atoms with Crippen LogP contribution in [0.4, 0.5) is 0 Å². The zero-order chi connectivity index (χ0) is 10.7. The number of rotatable bonds is 3. The number of aldehydes is 1. The van der Waals surface area contributed by atoms with Crippen LogP contribution in [0.3, 0.4) is 0 Å². The molecule has 15 heavy (non-hydrogen) atoms. The molecule has 78 valence electrons. The van der Waals surface area contributed by atoms with Gasteiger partial charge in [-0.1, -0.05) is 18.2 Å². The summed E-state index contributed by atoms with van der Waals surface area (Å²) < 4.78 is 5.09. The van der Waals surface area contributed by atoms with E-state index in [1.165, 1.54) is 0 Å². The van der Waals surface area contributed by atoms with Gasteiger partial charge in [0.25, 0.3) is 0 Å². The average molecular weight is 220 g/mol. The van der Waals surface area contributed by atoms with Gasteiger partial charge in [-0.15, -0.1) is 11.8 Å². The van der Waals surface area contributed by atoms with Crippen LogP contribution in [0, 0.1) is 0 Å². The molecule has 0 spiro atoms. The molecule has 3 heteroatoms. The van der Waals surface area contributed by atoms with Gasteiger partial charge in [-0.2, -0.15) is 0 Å². The Labute approximate surface area is 93.3 Å². The first-order chi connectivity index (χ1) is 7.35. The summed E-state index contributed by atoms with van der Waals surface area (Å²) in [5.41, 5.74) is 2.04. The molecule has 0 radical (unpaired) electrons. The normalized spacial score (nSPS) is 19.8. The fraction of sp³-hybridized carbons (Fsp3) is 0.250. The maximum Gasteiger partial charge on any atom is 0.147 e. The summed E-state index contributed by atoms with van der Waals surface area (Å²) in [5, 5.41) is 0.202. The van der Waals surface area contributed by atoms with Crippen molar-refractivity contribution in [1.82, 2.24) is 0 Å². The summed E-state index contributed by atoms with van der Waals surface area (Å²) in [6.45, 7) is 0. The van der Waals surface area contributed by atoms with Gasteiger partial charge < -0.3 is 4.74 Å². The lowest BCUT2D eigenvalue weighted by Crippen LogP contribution is -1.95. The minimum atomic E-state index is 0.202. The van der Waals surface area contributed by atoms with Crippen LogP contribution in [-0.2, 0) is 4.79 Å². The molecule has 0 N–H and O–H groups in total. The predicted molar refractivity (Wildman–Crippen MR) is 62.3 cm³/mol. The van der Waals surface area contributed by atoms with Gasteiger partial charge in [-0.25, -0.2) is 0 Å². The van der Waals surface area contributed by atoms with E-state index >= 15 is 0 Å². The molecular formula is C12H12O2S. The van der Waals surface area contributed by atoms with Crippen LogP contribution in [0.2, 0.25) is 0 Å². The number of hydrogen-bond acceptors (Lipinski definition) is 3. The first kappa shape index (κ1) is 10.3. The predicted octanol–water partition coefficient (Wildman–Crippen LogP) is 2.61. The maximum atomic E-state index is 10.8. The molecule has 1 aliphatic heterocycles. The Morgan fingerprint density at radius 2 is 2.13 bits per heavy atom. The average Bonchev–Trinajstić information content (AvgIpc) is 2.77. The third-order valence-corrected chi connectivity index (χ3v) is 3.68. The summed E-state index contributed by atoms with van der Waals surface area (Å²) in [4.78, 5) is 10.8. The van der Waals surface area contributed by atoms with E-state index in [2.05, 4.69) is 0 Å². The molecule has 1 atom stereocenters. The first-order valence-electron chi connectivity index (χ1n) is 4.76. The van der Waals surface area contributed by atoms with E-state index in [0.29, 0.717) is 0 Å². The molecule has 0 bridgehead atoms. The molecule has 0 aliphatic carbocycles. The van der Waals surface area contributed by atoms with Crippen molar-refractivity contribution in [2.75, 3.05) is 12.9 Å². The van der Waals surface area contributed by atoms with Crippen LogP contribution in [-0.4, -0.2) is 19.1 Å². The summed E-state index contributed by atoms with van der Waals surface area (Å²) in [6.07, 6.45) is 2.95. The standard InChI is InChI=1S/C12H12O2S/c1-14-11-4-2-9(3-5-11)12-10(8-13)6-7-15-12/h2-6,8,12H,7H2,1H3/t12-/m1/s1. The molecule has 0 fully saturated rings. The Balaban J connectivity index is 2.22. The van der Waals surface area contributed by atoms with E-state index in [9.17, 15) is 4.79 Å². The molecule has 0 saturated carbocycles. The van der Waals surface area contributed by atoms with Crippen LogP contribution in [0.25, 0.3) is 0 Å². The number of carbonyl (C=O) groups excluding carboxylic acids is 1. The quantitative estimate of drug-likeness (QED) is 0.732. The molecule has 1 aromatic rings. The van der Waals surface area contributed by atoms with Gasteiger partial charge in [-0.3, -0.25) is 4.79 Å². The van der Waals surface area contributed by atoms with E-state index in [-0.39, 0.29) is 5.25 Å². The second-order valence-electron chi connectivity index (χ2n) is 3.31. The third kappa shape index (κ3) is 2.07. The Morgan fingerprint density at radius 1 is 1.40 bits per heavy atom. The van der Waals surface area contributed by atoms with Crippen molar-refractivity contribution < 1.29 is 9.53 Å². The molecule has 1 heterocycles. The highest BCUT2D eigenvalue weighted by atomic mass is 32.2. The number of hydrogen-bond donors (Lipinski definition) is 0. The molecule has 1 aliphatic rings. The highest BCUT2D eigenvalue weighted by molar-refractivity contribution is 8.00. The Morgan fingerprint density at radius 3 is 2.73 bits per heavy atom. The van der Waals surface area contributed by atoms with Crippen molar-refractivity contribution in [2.24, 2.45) is 0 Å². The smallest absolute Gasteiger partial charge is 0.147 e. The molecule has 2 rings (SSSR count). The summed E-state index contributed by atoms with van der Waals surface area (Å²) in [6, 6.07) is 7.88. The Kier molecular flexibility index (Phi) is 3.11. The summed E-state index contributed by atoms with van der Waals surface area (Å²) >= 11 is 1.78. The van der Waals surface area contributed by atoms with Crippen LogP contribution < -0.4 is 4.74 Å². The van der Waals surface area contributed by atoms with Crippen molar-refractivity contribution in [2.45, 2.75) is 5.25 Å². The van der Waals surface area contributed by atoms with E-state index in [0.717, 1.165) is 28.9 Å². The SMILES string of the molecule is COc1ccc([C@H]2SCC=C2C=O)cc1. The minimum Gasteiger partial charge on any atom is -0.497 e. The second kappa shape index (κ2) is 4.53. The first-order valence-corrected chi connectivity index (χ1v) is 5.81. The zero-order valence-corrected chi connectivity index (χ0v) is 9.29. The summed E-state index contributed by atoms with van der Waals surface area (Å²) in [5.74, 6) is 1.77. The van der Waals surface area contributed by atoms with Crippen molar-refractivity contribution in [3.8, 4) is 5.75 Å². The largest absolute Gasteiger partial charge is 0.497 e. The minimum absolute atomic E-state index is 0.202. The fourth-order valence-electron chi connectivity index (χ4n) is 1.62. The lowest BCUT2D eigenvalue weighted by molar-refractivity contribution is -0.105. The molecular weight excluding hydrogens is 208 g/mol. The topological polar surface area (TPSA) is 26.3 Å². The number of methoxy groups -OCH3 is 1. The molecule has 0 amide bonds. The van der Waals surface area contributed by atoms with Crippen LogP contribution in [0.1, 0.15) is 10.8 Å². The van der Waals surface area contributed by atoms with Gasteiger partial charge >= 0.3 is 0 Å². The summed E-state index contributed by atoms with van der Waals surface area (Å²) in [7, 11) is 1.65. The van der Waals surface area contributed by atoms with E-state index < -0.39 is 0 Å². The van der Waals surface area contributed by atoms with E-state index in [1.54, 1.807) is 18.9 Å². The molecule has 1 aromatic carbocycles. The highest BCUT2D eigenvalue weighted by Crippen LogP contribution is 2.40. The number of carbonyl (C=O) groups is 1. The van der Waals surface area contributed by atoms with Gasteiger partial charge in [0, 0.05) is 11.3 Å². The van der Waals surface area contributed by atoms with E-state index in [1.807, 2.05) is 30.3 Å². The molecule has 2 nitrogen and oxygen atoms in total. The Bertz CT molecular complexity index is 381. The van der Waals surface area contributed by atoms with Gasteiger partial charge in [-0.05, 0) is 17.7 Å². The molecule has 0 saturated heterocycles. The van der Waals surface area contributed by atoms with Crippen LogP contribution in [0.5, 0.6) is 5.75 Å². The van der Waals surface area contributed by atoms with E-state index in [4.69, 9.17) is 4.74 Å². The highest BCUT2D eigenvalue weighted by Gasteiger charge is 2.20. The zero-order valence-electron chi connectivity index (χ0n) is 8.47. The number of benzene rings is 1. The van der Waals surface area contributed by atoms with Gasteiger partial charge in [0.2, 0.25) is 0 Å².